The molecule has 1 aromatic carbocycles. The van der Waals surface area contributed by atoms with Gasteiger partial charge in [0, 0.05) is 12.0 Å². The fourth-order valence-electron chi connectivity index (χ4n) is 1.73. The fourth-order valence-corrected chi connectivity index (χ4v) is 2.11. The molecule has 19 heavy (non-hydrogen) atoms. The van der Waals surface area contributed by atoms with Crippen LogP contribution in [0.1, 0.15) is 38.1 Å². The third-order valence-electron chi connectivity index (χ3n) is 2.77. The maximum absolute atomic E-state index is 5.89. The van der Waals surface area contributed by atoms with Crippen molar-refractivity contribution < 1.29 is 4.74 Å². The quantitative estimate of drug-likeness (QED) is 0.765. The van der Waals surface area contributed by atoms with Crippen molar-refractivity contribution in [2.24, 2.45) is 0 Å². The van der Waals surface area contributed by atoms with Gasteiger partial charge in [0.05, 0.1) is 0 Å². The molecular formula is C15H17BrN2O. The maximum Gasteiger partial charge on any atom is 0.223 e. The molecule has 0 N–H and O–H groups in total. The van der Waals surface area contributed by atoms with Gasteiger partial charge < -0.3 is 4.74 Å². The largest absolute Gasteiger partial charge is 0.439 e. The number of halogens is 1. The number of benzene rings is 1. The number of hydrogen-bond donors (Lipinski definition) is 0. The van der Waals surface area contributed by atoms with Crippen LogP contribution in [0, 0.1) is 0 Å². The monoisotopic (exact) mass is 320 g/mol. The number of rotatable bonds is 4. The minimum absolute atomic E-state index is 0.265. The molecule has 0 aliphatic heterocycles. The zero-order valence-corrected chi connectivity index (χ0v) is 12.9. The maximum atomic E-state index is 5.89. The van der Waals surface area contributed by atoms with E-state index in [1.807, 2.05) is 18.2 Å². The van der Waals surface area contributed by atoms with Crippen LogP contribution in [0.5, 0.6) is 11.6 Å². The van der Waals surface area contributed by atoms with Gasteiger partial charge in [-0.05, 0) is 34.0 Å². The highest BCUT2D eigenvalue weighted by Crippen LogP contribution is 2.26. The summed E-state index contributed by atoms with van der Waals surface area (Å²) in [4.78, 5) is 8.78. The van der Waals surface area contributed by atoms with E-state index in [1.54, 1.807) is 6.07 Å². The Bertz CT molecular complexity index is 570. The minimum Gasteiger partial charge on any atom is -0.439 e. The Balaban J connectivity index is 2.32. The molecule has 0 saturated carbocycles. The van der Waals surface area contributed by atoms with Crippen molar-refractivity contribution in [1.82, 2.24) is 9.97 Å². The van der Waals surface area contributed by atoms with E-state index in [4.69, 9.17) is 4.74 Å². The number of para-hydroxylation sites is 1. The van der Waals surface area contributed by atoms with Crippen LogP contribution in [0.2, 0.25) is 0 Å². The highest BCUT2D eigenvalue weighted by atomic mass is 79.9. The number of ether oxygens (including phenoxy) is 1. The third kappa shape index (κ3) is 3.53. The van der Waals surface area contributed by atoms with Gasteiger partial charge in [-0.15, -0.1) is 0 Å². The van der Waals surface area contributed by atoms with Crippen molar-refractivity contribution in [2.45, 2.75) is 33.1 Å². The summed E-state index contributed by atoms with van der Waals surface area (Å²) in [6.45, 7) is 6.23. The van der Waals surface area contributed by atoms with Gasteiger partial charge in [-0.2, -0.15) is 4.98 Å². The van der Waals surface area contributed by atoms with E-state index in [0.29, 0.717) is 5.88 Å². The highest BCUT2D eigenvalue weighted by Gasteiger charge is 2.09. The molecule has 1 aromatic heterocycles. The second kappa shape index (κ2) is 6.15. The van der Waals surface area contributed by atoms with Crippen LogP contribution in [-0.4, -0.2) is 9.97 Å². The highest BCUT2D eigenvalue weighted by molar-refractivity contribution is 9.10. The molecule has 0 saturated heterocycles. The van der Waals surface area contributed by atoms with E-state index >= 15 is 0 Å². The summed E-state index contributed by atoms with van der Waals surface area (Å²) in [6.07, 6.45) is 0.930. The molecule has 100 valence electrons. The summed E-state index contributed by atoms with van der Waals surface area (Å²) in [5, 5.41) is 0. The number of hydrogen-bond acceptors (Lipinski definition) is 3. The van der Waals surface area contributed by atoms with Gasteiger partial charge in [0.25, 0.3) is 0 Å². The second-order valence-corrected chi connectivity index (χ2v) is 5.42. The SMILES string of the molecule is CCc1ccccc1Oc1cc(Br)nc(C(C)C)n1. The Morgan fingerprint density at radius 1 is 1.21 bits per heavy atom. The van der Waals surface area contributed by atoms with Crippen molar-refractivity contribution in [3.63, 3.8) is 0 Å². The van der Waals surface area contributed by atoms with Crippen LogP contribution in [0.3, 0.4) is 0 Å². The summed E-state index contributed by atoms with van der Waals surface area (Å²) in [5.41, 5.74) is 1.17. The number of aromatic nitrogens is 2. The lowest BCUT2D eigenvalue weighted by molar-refractivity contribution is 0.451. The van der Waals surface area contributed by atoms with Gasteiger partial charge in [0.1, 0.15) is 16.2 Å². The van der Waals surface area contributed by atoms with Crippen molar-refractivity contribution in [2.75, 3.05) is 0 Å². The van der Waals surface area contributed by atoms with Gasteiger partial charge in [-0.3, -0.25) is 0 Å². The molecule has 0 atom stereocenters. The molecule has 0 bridgehead atoms. The van der Waals surface area contributed by atoms with E-state index in [0.717, 1.165) is 22.6 Å². The molecule has 0 spiro atoms. The van der Waals surface area contributed by atoms with E-state index in [9.17, 15) is 0 Å². The van der Waals surface area contributed by atoms with Gasteiger partial charge in [0.15, 0.2) is 0 Å². The molecule has 0 aliphatic carbocycles. The molecule has 0 radical (unpaired) electrons. The second-order valence-electron chi connectivity index (χ2n) is 4.61. The molecule has 2 aromatic rings. The zero-order valence-electron chi connectivity index (χ0n) is 11.4. The first-order valence-electron chi connectivity index (χ1n) is 6.40. The van der Waals surface area contributed by atoms with Crippen molar-refractivity contribution in [3.05, 3.63) is 46.3 Å². The minimum atomic E-state index is 0.265. The molecule has 0 aliphatic rings. The third-order valence-corrected chi connectivity index (χ3v) is 3.18. The average molecular weight is 321 g/mol. The fraction of sp³-hybridized carbons (Fsp3) is 0.333. The molecular weight excluding hydrogens is 304 g/mol. The van der Waals surface area contributed by atoms with Crippen LogP contribution < -0.4 is 4.74 Å². The smallest absolute Gasteiger partial charge is 0.223 e. The van der Waals surface area contributed by atoms with Gasteiger partial charge >= 0.3 is 0 Å². The molecule has 4 heteroatoms. The number of nitrogens with zero attached hydrogens (tertiary/aromatic N) is 2. The summed E-state index contributed by atoms with van der Waals surface area (Å²) in [7, 11) is 0. The van der Waals surface area contributed by atoms with E-state index in [1.165, 1.54) is 5.56 Å². The van der Waals surface area contributed by atoms with Crippen LogP contribution >= 0.6 is 15.9 Å². The Morgan fingerprint density at radius 3 is 2.63 bits per heavy atom. The van der Waals surface area contributed by atoms with Crippen LogP contribution in [0.15, 0.2) is 34.9 Å². The number of aryl methyl sites for hydroxylation is 1. The van der Waals surface area contributed by atoms with Gasteiger partial charge in [0.2, 0.25) is 5.88 Å². The lowest BCUT2D eigenvalue weighted by atomic mass is 10.1. The lowest BCUT2D eigenvalue weighted by Crippen LogP contribution is -2.00. The molecule has 0 unspecified atom stereocenters. The molecule has 2 rings (SSSR count). The Hall–Kier alpha value is -1.42. The Morgan fingerprint density at radius 2 is 1.95 bits per heavy atom. The first-order valence-corrected chi connectivity index (χ1v) is 7.19. The van der Waals surface area contributed by atoms with Crippen molar-refractivity contribution in [3.8, 4) is 11.6 Å². The Kier molecular flexibility index (Phi) is 4.53. The average Bonchev–Trinajstić information content (AvgIpc) is 2.38. The summed E-state index contributed by atoms with van der Waals surface area (Å²) in [5.74, 6) is 2.47. The Labute approximate surface area is 122 Å². The summed E-state index contributed by atoms with van der Waals surface area (Å²) < 4.78 is 6.64. The molecule has 0 fully saturated rings. The zero-order chi connectivity index (χ0) is 13.8. The first-order chi connectivity index (χ1) is 9.10. The topological polar surface area (TPSA) is 35.0 Å². The van der Waals surface area contributed by atoms with E-state index in [-0.39, 0.29) is 5.92 Å². The summed E-state index contributed by atoms with van der Waals surface area (Å²) >= 11 is 3.40. The van der Waals surface area contributed by atoms with E-state index in [2.05, 4.69) is 52.7 Å². The predicted octanol–water partition coefficient (Wildman–Crippen LogP) is 4.72. The van der Waals surface area contributed by atoms with E-state index < -0.39 is 0 Å². The molecule has 1 heterocycles. The van der Waals surface area contributed by atoms with Crippen molar-refractivity contribution >= 4 is 15.9 Å². The van der Waals surface area contributed by atoms with Crippen LogP contribution in [-0.2, 0) is 6.42 Å². The van der Waals surface area contributed by atoms with Crippen molar-refractivity contribution in [1.29, 1.82) is 0 Å². The van der Waals surface area contributed by atoms with Crippen LogP contribution in [0.25, 0.3) is 0 Å². The van der Waals surface area contributed by atoms with Gasteiger partial charge in [-0.1, -0.05) is 39.0 Å². The normalized spacial score (nSPS) is 10.8. The van der Waals surface area contributed by atoms with Crippen LogP contribution in [0.4, 0.5) is 0 Å². The molecule has 3 nitrogen and oxygen atoms in total. The standard InChI is InChI=1S/C15H17BrN2O/c1-4-11-7-5-6-8-12(11)19-14-9-13(16)17-15(18-14)10(2)3/h5-10H,4H2,1-3H3. The summed E-state index contributed by atoms with van der Waals surface area (Å²) in [6, 6.07) is 9.80. The lowest BCUT2D eigenvalue weighted by Gasteiger charge is -2.11. The molecule has 0 amide bonds. The first kappa shape index (κ1) is 14.0. The predicted molar refractivity (Wildman–Crippen MR) is 79.7 cm³/mol. The van der Waals surface area contributed by atoms with Gasteiger partial charge in [-0.25, -0.2) is 4.98 Å².